The number of amides is 2. The summed E-state index contributed by atoms with van der Waals surface area (Å²) >= 11 is 1.97. The molecule has 11 heteroatoms. The zero-order chi connectivity index (χ0) is 22.5. The van der Waals surface area contributed by atoms with Gasteiger partial charge in [-0.1, -0.05) is 12.1 Å². The number of carbonyl (C=O) groups excluding carboxylic acids is 2. The van der Waals surface area contributed by atoms with Gasteiger partial charge in [0.05, 0.1) is 16.8 Å². The Morgan fingerprint density at radius 2 is 1.84 bits per heavy atom. The van der Waals surface area contributed by atoms with Gasteiger partial charge in [0.15, 0.2) is 5.72 Å². The summed E-state index contributed by atoms with van der Waals surface area (Å²) in [6, 6.07) is 9.07. The Morgan fingerprint density at radius 3 is 2.42 bits per heavy atom. The van der Waals surface area contributed by atoms with Crippen LogP contribution in [0.15, 0.2) is 48.7 Å². The van der Waals surface area contributed by atoms with Gasteiger partial charge in [-0.2, -0.15) is 23.0 Å². The van der Waals surface area contributed by atoms with Crippen LogP contribution in [-0.4, -0.2) is 30.0 Å². The molecule has 2 aliphatic heterocycles. The lowest BCUT2D eigenvalue weighted by molar-refractivity contribution is -0.223. The van der Waals surface area contributed by atoms with Gasteiger partial charge in [-0.05, 0) is 65.4 Å². The van der Waals surface area contributed by atoms with E-state index in [4.69, 9.17) is 0 Å². The molecule has 2 aromatic rings. The molecular weight excluding hydrogens is 533 g/mol. The molecule has 1 N–H and O–H groups in total. The molecule has 2 heterocycles. The quantitative estimate of drug-likeness (QED) is 0.261. The minimum Gasteiger partial charge on any atom is -0.291 e. The van der Waals surface area contributed by atoms with E-state index in [1.165, 1.54) is 18.2 Å². The minimum absolute atomic E-state index is 0.0969. The van der Waals surface area contributed by atoms with Crippen molar-refractivity contribution < 1.29 is 31.9 Å². The number of ether oxygens (including phenoxy) is 1. The summed E-state index contributed by atoms with van der Waals surface area (Å²) in [5.74, 6) is -1.00. The third kappa shape index (κ3) is 3.59. The van der Waals surface area contributed by atoms with Crippen LogP contribution in [0.2, 0.25) is 0 Å². The highest BCUT2D eigenvalue weighted by Gasteiger charge is 2.42. The molecule has 0 fully saturated rings. The summed E-state index contributed by atoms with van der Waals surface area (Å²) in [5, 5.41) is 0.345. The van der Waals surface area contributed by atoms with Gasteiger partial charge in [0.2, 0.25) is 0 Å². The van der Waals surface area contributed by atoms with E-state index in [2.05, 4.69) is 10.2 Å². The summed E-state index contributed by atoms with van der Waals surface area (Å²) < 4.78 is 57.4. The Hall–Kier alpha value is -2.51. The molecule has 2 aliphatic rings. The fraction of sp³-hybridized carbons (Fsp3) is 0.200. The molecule has 0 bridgehead atoms. The maximum absolute atomic E-state index is 13.1. The van der Waals surface area contributed by atoms with Crippen molar-refractivity contribution in [3.63, 3.8) is 0 Å². The average Bonchev–Trinajstić information content (AvgIpc) is 3.23. The number of hydrogen-bond acceptors (Lipinski definition) is 5. The van der Waals surface area contributed by atoms with E-state index in [9.17, 15) is 27.2 Å². The molecule has 2 aromatic carbocycles. The van der Waals surface area contributed by atoms with Crippen molar-refractivity contribution in [3.05, 3.63) is 74.5 Å². The van der Waals surface area contributed by atoms with E-state index in [-0.39, 0.29) is 16.8 Å². The van der Waals surface area contributed by atoms with Crippen LogP contribution in [0.25, 0.3) is 0 Å². The van der Waals surface area contributed by atoms with Gasteiger partial charge in [0, 0.05) is 15.3 Å². The highest BCUT2D eigenvalue weighted by Crippen LogP contribution is 2.37. The van der Waals surface area contributed by atoms with Crippen LogP contribution in [-0.2, 0) is 10.5 Å². The highest BCUT2D eigenvalue weighted by atomic mass is 127. The zero-order valence-corrected chi connectivity index (χ0v) is 17.9. The molecule has 1 unspecified atom stereocenters. The fourth-order valence-electron chi connectivity index (χ4n) is 3.60. The van der Waals surface area contributed by atoms with Crippen molar-refractivity contribution in [1.29, 1.82) is 0 Å². The smallest absolute Gasteiger partial charge is 0.291 e. The predicted octanol–water partition coefficient (Wildman–Crippen LogP) is 4.35. The first-order valence-corrected chi connectivity index (χ1v) is 10.0. The van der Waals surface area contributed by atoms with Crippen molar-refractivity contribution in [3.8, 4) is 0 Å². The Kier molecular flexibility index (Phi) is 5.52. The van der Waals surface area contributed by atoms with E-state index in [0.29, 0.717) is 19.7 Å². The molecule has 0 saturated carbocycles. The monoisotopic (exact) mass is 547 g/mol. The predicted molar refractivity (Wildman–Crippen MR) is 110 cm³/mol. The Bertz CT molecular complexity index is 1110. The van der Waals surface area contributed by atoms with Gasteiger partial charge in [-0.3, -0.25) is 19.3 Å². The van der Waals surface area contributed by atoms with E-state index in [1.54, 1.807) is 25.1 Å². The molecule has 0 aliphatic carbocycles. The SMILES string of the molecule is Cc1cc(C2(OC(F)F)C=CN(C(F)F)N2)ccc1N1C(=O)c2cccc(I)c2C1=O. The van der Waals surface area contributed by atoms with Crippen LogP contribution in [0.1, 0.15) is 31.8 Å². The number of hydrazine groups is 1. The zero-order valence-electron chi connectivity index (χ0n) is 15.8. The third-order valence-corrected chi connectivity index (χ3v) is 5.88. The van der Waals surface area contributed by atoms with Crippen LogP contribution in [0, 0.1) is 10.5 Å². The Balaban J connectivity index is 1.72. The number of fused-ring (bicyclic) bond motifs is 1. The maximum atomic E-state index is 13.1. The van der Waals surface area contributed by atoms with Gasteiger partial charge in [0.1, 0.15) is 0 Å². The number of anilines is 1. The lowest BCUT2D eigenvalue weighted by Gasteiger charge is -2.31. The number of benzene rings is 2. The van der Waals surface area contributed by atoms with E-state index in [0.717, 1.165) is 17.2 Å². The molecule has 162 valence electrons. The number of nitrogens with zero attached hydrogens (tertiary/aromatic N) is 2. The molecule has 2 amide bonds. The second-order valence-electron chi connectivity index (χ2n) is 6.84. The van der Waals surface area contributed by atoms with E-state index >= 15 is 0 Å². The number of imide groups is 1. The first kappa shape index (κ1) is 21.7. The molecule has 0 saturated heterocycles. The fourth-order valence-corrected chi connectivity index (χ4v) is 4.33. The average molecular weight is 547 g/mol. The topological polar surface area (TPSA) is 61.9 Å². The van der Waals surface area contributed by atoms with Crippen LogP contribution in [0.3, 0.4) is 0 Å². The number of halogens is 5. The number of hydrogen-bond donors (Lipinski definition) is 1. The second-order valence-corrected chi connectivity index (χ2v) is 8.00. The number of carbonyl (C=O) groups is 2. The summed E-state index contributed by atoms with van der Waals surface area (Å²) in [6.07, 6.45) is 1.95. The van der Waals surface area contributed by atoms with Crippen LogP contribution in [0.4, 0.5) is 23.2 Å². The van der Waals surface area contributed by atoms with Gasteiger partial charge >= 0.3 is 13.2 Å². The number of alkyl halides is 4. The van der Waals surface area contributed by atoms with E-state index in [1.807, 2.05) is 22.6 Å². The van der Waals surface area contributed by atoms with Crippen molar-refractivity contribution in [2.75, 3.05) is 4.90 Å². The van der Waals surface area contributed by atoms with Crippen molar-refractivity contribution in [2.24, 2.45) is 0 Å². The molecule has 1 atom stereocenters. The maximum Gasteiger partial charge on any atom is 0.347 e. The standard InChI is InChI=1S/C20H14F4IN3O3/c1-10-9-11(20(31-19(23)24)7-8-27(26-20)18(21)22)5-6-14(10)28-16(29)12-3-2-4-13(25)15(12)17(28)30/h2-9,18-19,26H,1H3. The van der Waals surface area contributed by atoms with Gasteiger partial charge in [-0.15, -0.1) is 0 Å². The molecule has 0 spiro atoms. The Labute approximate surface area is 187 Å². The lowest BCUT2D eigenvalue weighted by Crippen LogP contribution is -2.48. The third-order valence-electron chi connectivity index (χ3n) is 4.98. The summed E-state index contributed by atoms with van der Waals surface area (Å²) in [5.41, 5.74) is 1.50. The second kappa shape index (κ2) is 7.88. The van der Waals surface area contributed by atoms with Crippen LogP contribution >= 0.6 is 22.6 Å². The van der Waals surface area contributed by atoms with Crippen LogP contribution in [0.5, 0.6) is 0 Å². The molecule has 4 rings (SSSR count). The molecular formula is C20H14F4IN3O3. The molecule has 31 heavy (non-hydrogen) atoms. The number of aryl methyl sites for hydroxylation is 1. The highest BCUT2D eigenvalue weighted by molar-refractivity contribution is 14.1. The normalized spacial score (nSPS) is 20.5. The largest absolute Gasteiger partial charge is 0.347 e. The molecule has 0 aromatic heterocycles. The number of nitrogens with one attached hydrogen (secondary N) is 1. The lowest BCUT2D eigenvalue weighted by atomic mass is 10.00. The Morgan fingerprint density at radius 1 is 1.10 bits per heavy atom. The molecule has 6 nitrogen and oxygen atoms in total. The summed E-state index contributed by atoms with van der Waals surface area (Å²) in [6.45, 7) is -4.67. The van der Waals surface area contributed by atoms with Gasteiger partial charge < -0.3 is 0 Å². The van der Waals surface area contributed by atoms with Crippen LogP contribution < -0.4 is 10.3 Å². The molecule has 0 radical (unpaired) electrons. The van der Waals surface area contributed by atoms with Gasteiger partial charge in [0.25, 0.3) is 11.8 Å². The first-order valence-electron chi connectivity index (χ1n) is 8.92. The minimum atomic E-state index is -3.26. The van der Waals surface area contributed by atoms with E-state index < -0.39 is 30.7 Å². The number of rotatable bonds is 5. The summed E-state index contributed by atoms with van der Waals surface area (Å²) in [7, 11) is 0. The first-order chi connectivity index (χ1) is 14.6. The van der Waals surface area contributed by atoms with Crippen molar-refractivity contribution in [2.45, 2.75) is 25.8 Å². The van der Waals surface area contributed by atoms with Gasteiger partial charge in [-0.25, -0.2) is 4.90 Å². The van der Waals surface area contributed by atoms with Crippen molar-refractivity contribution >= 4 is 40.1 Å². The summed E-state index contributed by atoms with van der Waals surface area (Å²) in [4.78, 5) is 26.8. The van der Waals surface area contributed by atoms with Crippen molar-refractivity contribution in [1.82, 2.24) is 10.4 Å².